The Labute approximate surface area is 132 Å². The summed E-state index contributed by atoms with van der Waals surface area (Å²) in [5, 5.41) is 3.34. The molecule has 5 heteroatoms. The number of anilines is 2. The monoisotopic (exact) mass is 305 g/mol. The Morgan fingerprint density at radius 3 is 2.55 bits per heavy atom. The predicted molar refractivity (Wildman–Crippen MR) is 90.2 cm³/mol. The standard InChI is InChI=1S/C17H27N3O2/c1-12-14(18)9-13(11-16(21)22-17(2,3)4)10-15(12)20-7-5-19-6-8-20/h9-10,19H,5-8,11,18H2,1-4H3. The normalized spacial score (nSPS) is 15.7. The molecule has 0 atom stereocenters. The molecule has 1 aliphatic heterocycles. The van der Waals surface area contributed by atoms with Gasteiger partial charge in [0.2, 0.25) is 0 Å². The fourth-order valence-electron chi connectivity index (χ4n) is 2.66. The number of nitrogen functional groups attached to an aromatic ring is 1. The van der Waals surface area contributed by atoms with Gasteiger partial charge in [0, 0.05) is 37.6 Å². The van der Waals surface area contributed by atoms with E-state index in [4.69, 9.17) is 10.5 Å². The van der Waals surface area contributed by atoms with Gasteiger partial charge in [-0.15, -0.1) is 0 Å². The van der Waals surface area contributed by atoms with E-state index in [0.717, 1.165) is 48.7 Å². The fraction of sp³-hybridized carbons (Fsp3) is 0.588. The van der Waals surface area contributed by atoms with Crippen LogP contribution in [0.25, 0.3) is 0 Å². The highest BCUT2D eigenvalue weighted by atomic mass is 16.6. The molecular formula is C17H27N3O2. The van der Waals surface area contributed by atoms with E-state index in [1.54, 1.807) is 0 Å². The number of carbonyl (C=O) groups excluding carboxylic acids is 1. The quantitative estimate of drug-likeness (QED) is 0.659. The van der Waals surface area contributed by atoms with E-state index in [-0.39, 0.29) is 12.4 Å². The molecule has 0 aliphatic carbocycles. The van der Waals surface area contributed by atoms with Crippen LogP contribution in [0, 0.1) is 6.92 Å². The molecule has 5 nitrogen and oxygen atoms in total. The number of nitrogens with zero attached hydrogens (tertiary/aromatic N) is 1. The van der Waals surface area contributed by atoms with Crippen LogP contribution in [-0.2, 0) is 16.0 Å². The van der Waals surface area contributed by atoms with Gasteiger partial charge in [0.05, 0.1) is 6.42 Å². The first-order chi connectivity index (χ1) is 10.3. The molecule has 0 aromatic heterocycles. The van der Waals surface area contributed by atoms with E-state index in [1.165, 1.54) is 0 Å². The fourth-order valence-corrected chi connectivity index (χ4v) is 2.66. The maximum atomic E-state index is 12.0. The minimum Gasteiger partial charge on any atom is -0.460 e. The molecule has 3 N–H and O–H groups in total. The van der Waals surface area contributed by atoms with E-state index in [9.17, 15) is 4.79 Å². The van der Waals surface area contributed by atoms with Crippen LogP contribution in [0.2, 0.25) is 0 Å². The summed E-state index contributed by atoms with van der Waals surface area (Å²) in [6.07, 6.45) is 0.251. The molecule has 0 unspecified atom stereocenters. The molecule has 0 spiro atoms. The summed E-state index contributed by atoms with van der Waals surface area (Å²) < 4.78 is 5.39. The highest BCUT2D eigenvalue weighted by molar-refractivity contribution is 5.76. The van der Waals surface area contributed by atoms with E-state index < -0.39 is 5.60 Å². The molecule has 1 aromatic rings. The predicted octanol–water partition coefficient (Wildman–Crippen LogP) is 1.87. The van der Waals surface area contributed by atoms with Crippen LogP contribution < -0.4 is 16.0 Å². The maximum Gasteiger partial charge on any atom is 0.310 e. The number of carbonyl (C=O) groups is 1. The second kappa shape index (κ2) is 6.57. The SMILES string of the molecule is Cc1c(N)cc(CC(=O)OC(C)(C)C)cc1N1CCNCC1. The second-order valence-corrected chi connectivity index (χ2v) is 6.83. The van der Waals surface area contributed by atoms with Gasteiger partial charge < -0.3 is 20.7 Å². The van der Waals surface area contributed by atoms with Crippen molar-refractivity contribution < 1.29 is 9.53 Å². The van der Waals surface area contributed by atoms with Crippen molar-refractivity contribution in [3.05, 3.63) is 23.3 Å². The number of piperazine rings is 1. The van der Waals surface area contributed by atoms with Crippen LogP contribution in [0.3, 0.4) is 0 Å². The number of nitrogens with one attached hydrogen (secondary N) is 1. The first kappa shape index (κ1) is 16.6. The van der Waals surface area contributed by atoms with Gasteiger partial charge in [-0.05, 0) is 51.0 Å². The molecule has 0 saturated carbocycles. The number of nitrogens with two attached hydrogens (primary N) is 1. The van der Waals surface area contributed by atoms with Crippen molar-refractivity contribution in [1.29, 1.82) is 0 Å². The number of rotatable bonds is 3. The maximum absolute atomic E-state index is 12.0. The molecule has 0 bridgehead atoms. The Morgan fingerprint density at radius 2 is 1.95 bits per heavy atom. The smallest absolute Gasteiger partial charge is 0.310 e. The van der Waals surface area contributed by atoms with Crippen molar-refractivity contribution in [2.24, 2.45) is 0 Å². The zero-order chi connectivity index (χ0) is 16.3. The zero-order valence-electron chi connectivity index (χ0n) is 14.0. The number of ether oxygens (including phenoxy) is 1. The van der Waals surface area contributed by atoms with Gasteiger partial charge in [-0.2, -0.15) is 0 Å². The van der Waals surface area contributed by atoms with Crippen molar-refractivity contribution in [3.8, 4) is 0 Å². The van der Waals surface area contributed by atoms with E-state index in [1.807, 2.05) is 33.8 Å². The first-order valence-electron chi connectivity index (χ1n) is 7.83. The van der Waals surface area contributed by atoms with Crippen LogP contribution in [0.1, 0.15) is 31.9 Å². The molecule has 1 aliphatic rings. The topological polar surface area (TPSA) is 67.6 Å². The molecule has 1 saturated heterocycles. The Morgan fingerprint density at radius 1 is 1.32 bits per heavy atom. The van der Waals surface area contributed by atoms with E-state index in [2.05, 4.69) is 16.3 Å². The van der Waals surface area contributed by atoms with Crippen molar-refractivity contribution in [2.45, 2.75) is 39.7 Å². The molecule has 22 heavy (non-hydrogen) atoms. The lowest BCUT2D eigenvalue weighted by molar-refractivity contribution is -0.153. The Hall–Kier alpha value is -1.75. The van der Waals surface area contributed by atoms with Gasteiger partial charge in [-0.25, -0.2) is 0 Å². The number of benzene rings is 1. The second-order valence-electron chi connectivity index (χ2n) is 6.83. The number of hydrogen-bond donors (Lipinski definition) is 2. The lowest BCUT2D eigenvalue weighted by Crippen LogP contribution is -2.43. The van der Waals surface area contributed by atoms with Crippen LogP contribution in [-0.4, -0.2) is 37.7 Å². The van der Waals surface area contributed by atoms with Crippen LogP contribution in [0.4, 0.5) is 11.4 Å². The van der Waals surface area contributed by atoms with Crippen molar-refractivity contribution >= 4 is 17.3 Å². The van der Waals surface area contributed by atoms with Gasteiger partial charge in [0.15, 0.2) is 0 Å². The zero-order valence-corrected chi connectivity index (χ0v) is 14.0. The molecule has 1 heterocycles. The number of hydrogen-bond acceptors (Lipinski definition) is 5. The highest BCUT2D eigenvalue weighted by Gasteiger charge is 2.19. The van der Waals surface area contributed by atoms with Crippen molar-refractivity contribution in [1.82, 2.24) is 5.32 Å². The largest absolute Gasteiger partial charge is 0.460 e. The summed E-state index contributed by atoms with van der Waals surface area (Å²) in [4.78, 5) is 14.3. The summed E-state index contributed by atoms with van der Waals surface area (Å²) in [6, 6.07) is 3.95. The van der Waals surface area contributed by atoms with Gasteiger partial charge >= 0.3 is 5.97 Å². The van der Waals surface area contributed by atoms with Gasteiger partial charge in [-0.1, -0.05) is 0 Å². The van der Waals surface area contributed by atoms with Crippen molar-refractivity contribution in [3.63, 3.8) is 0 Å². The molecule has 1 fully saturated rings. The highest BCUT2D eigenvalue weighted by Crippen LogP contribution is 2.28. The summed E-state index contributed by atoms with van der Waals surface area (Å²) in [5.41, 5.74) is 9.52. The Kier molecular flexibility index (Phi) is 4.96. The number of esters is 1. The molecule has 0 radical (unpaired) electrons. The third-order valence-electron chi connectivity index (χ3n) is 3.71. The Bertz CT molecular complexity index is 544. The minimum atomic E-state index is -0.464. The summed E-state index contributed by atoms with van der Waals surface area (Å²) in [7, 11) is 0. The lowest BCUT2D eigenvalue weighted by atomic mass is 10.0. The van der Waals surface area contributed by atoms with E-state index in [0.29, 0.717) is 0 Å². The average molecular weight is 305 g/mol. The molecule has 2 rings (SSSR count). The summed E-state index contributed by atoms with van der Waals surface area (Å²) in [6.45, 7) is 11.5. The first-order valence-corrected chi connectivity index (χ1v) is 7.83. The Balaban J connectivity index is 2.18. The minimum absolute atomic E-state index is 0.220. The van der Waals surface area contributed by atoms with Crippen LogP contribution in [0.15, 0.2) is 12.1 Å². The molecule has 122 valence electrons. The molecular weight excluding hydrogens is 278 g/mol. The summed E-state index contributed by atoms with van der Waals surface area (Å²) in [5.74, 6) is -0.220. The third kappa shape index (κ3) is 4.37. The third-order valence-corrected chi connectivity index (χ3v) is 3.71. The van der Waals surface area contributed by atoms with Gasteiger partial charge in [-0.3, -0.25) is 4.79 Å². The lowest BCUT2D eigenvalue weighted by Gasteiger charge is -2.31. The summed E-state index contributed by atoms with van der Waals surface area (Å²) >= 11 is 0. The average Bonchev–Trinajstić information content (AvgIpc) is 2.41. The van der Waals surface area contributed by atoms with Crippen LogP contribution in [0.5, 0.6) is 0 Å². The van der Waals surface area contributed by atoms with Gasteiger partial charge in [0.25, 0.3) is 0 Å². The van der Waals surface area contributed by atoms with E-state index >= 15 is 0 Å². The molecule has 1 aromatic carbocycles. The van der Waals surface area contributed by atoms with Gasteiger partial charge in [0.1, 0.15) is 5.60 Å². The van der Waals surface area contributed by atoms with Crippen LogP contribution >= 0.6 is 0 Å². The molecule has 0 amide bonds. The van der Waals surface area contributed by atoms with Crippen molar-refractivity contribution in [2.75, 3.05) is 36.8 Å².